The van der Waals surface area contributed by atoms with E-state index in [1.807, 2.05) is 14.0 Å². The molecule has 0 aliphatic heterocycles. The third-order valence-corrected chi connectivity index (χ3v) is 6.26. The number of aromatic nitrogens is 1. The van der Waals surface area contributed by atoms with Gasteiger partial charge in [-0.15, -0.1) is 11.3 Å². The summed E-state index contributed by atoms with van der Waals surface area (Å²) < 4.78 is 0. The van der Waals surface area contributed by atoms with Gasteiger partial charge < -0.3 is 10.0 Å². The molecule has 22 heavy (non-hydrogen) atoms. The van der Waals surface area contributed by atoms with Crippen molar-refractivity contribution >= 4 is 23.2 Å². The van der Waals surface area contributed by atoms with Crippen LogP contribution in [0.15, 0.2) is 0 Å². The van der Waals surface area contributed by atoms with E-state index in [2.05, 4.69) is 4.98 Å². The van der Waals surface area contributed by atoms with Crippen LogP contribution in [0.4, 0.5) is 0 Å². The Bertz CT molecular complexity index is 607. The summed E-state index contributed by atoms with van der Waals surface area (Å²) in [5, 5.41) is 10.4. The highest BCUT2D eigenvalue weighted by molar-refractivity contribution is 7.11. The van der Waals surface area contributed by atoms with Gasteiger partial charge in [0.25, 0.3) is 0 Å². The number of carbonyl (C=O) groups is 2. The lowest BCUT2D eigenvalue weighted by molar-refractivity contribution is -0.159. The molecule has 1 saturated carbocycles. The molecule has 1 heterocycles. The second-order valence-corrected chi connectivity index (χ2v) is 7.81. The Balaban J connectivity index is 1.75. The number of amides is 1. The SMILES string of the molecule is Cc1nc2c(s1)C(N(C)C(=O)CC1(C(=O)O)CCC1)CCC2. The van der Waals surface area contributed by atoms with Gasteiger partial charge in [-0.25, -0.2) is 4.98 Å². The fourth-order valence-corrected chi connectivity index (χ4v) is 4.70. The molecule has 120 valence electrons. The van der Waals surface area contributed by atoms with Crippen molar-refractivity contribution in [2.75, 3.05) is 7.05 Å². The van der Waals surface area contributed by atoms with Crippen LogP contribution in [0.5, 0.6) is 0 Å². The molecule has 5 nitrogen and oxygen atoms in total. The molecule has 0 bridgehead atoms. The molecule has 0 aromatic carbocycles. The first-order chi connectivity index (χ1) is 10.4. The van der Waals surface area contributed by atoms with E-state index in [0.717, 1.165) is 36.4 Å². The summed E-state index contributed by atoms with van der Waals surface area (Å²) in [5.41, 5.74) is 0.307. The number of hydrogen-bond donors (Lipinski definition) is 1. The van der Waals surface area contributed by atoms with E-state index in [9.17, 15) is 14.7 Å². The third-order valence-electron chi connectivity index (χ3n) is 5.14. The van der Waals surface area contributed by atoms with E-state index in [1.165, 1.54) is 4.88 Å². The molecular formula is C16H22N2O3S. The van der Waals surface area contributed by atoms with Crippen LogP contribution in [0.3, 0.4) is 0 Å². The molecule has 2 aliphatic carbocycles. The standard InChI is InChI=1S/C16H22N2O3S/c1-10-17-11-5-3-6-12(14(11)22-10)18(2)13(19)9-16(15(20)21)7-4-8-16/h12H,3-9H2,1-2H3,(H,20,21). The molecule has 6 heteroatoms. The van der Waals surface area contributed by atoms with E-state index >= 15 is 0 Å². The van der Waals surface area contributed by atoms with Gasteiger partial charge in [-0.3, -0.25) is 9.59 Å². The van der Waals surface area contributed by atoms with Gasteiger partial charge in [0.15, 0.2) is 0 Å². The summed E-state index contributed by atoms with van der Waals surface area (Å²) in [5.74, 6) is -0.871. The van der Waals surface area contributed by atoms with Crippen LogP contribution < -0.4 is 0 Å². The van der Waals surface area contributed by atoms with Crippen LogP contribution in [0.2, 0.25) is 0 Å². The van der Waals surface area contributed by atoms with Crippen molar-refractivity contribution < 1.29 is 14.7 Å². The summed E-state index contributed by atoms with van der Waals surface area (Å²) in [6, 6.07) is 0.0633. The second-order valence-electron chi connectivity index (χ2n) is 6.57. The molecule has 3 rings (SSSR count). The maximum Gasteiger partial charge on any atom is 0.310 e. The highest BCUT2D eigenvalue weighted by Crippen LogP contribution is 2.45. The lowest BCUT2D eigenvalue weighted by Gasteiger charge is -2.39. The number of hydrogen-bond acceptors (Lipinski definition) is 4. The van der Waals surface area contributed by atoms with Gasteiger partial charge in [-0.2, -0.15) is 0 Å². The summed E-state index contributed by atoms with van der Waals surface area (Å²) in [7, 11) is 1.81. The number of nitrogens with zero attached hydrogens (tertiary/aromatic N) is 2. The largest absolute Gasteiger partial charge is 0.481 e. The van der Waals surface area contributed by atoms with Crippen molar-refractivity contribution in [3.05, 3.63) is 15.6 Å². The van der Waals surface area contributed by atoms with E-state index in [1.54, 1.807) is 16.2 Å². The predicted molar refractivity (Wildman–Crippen MR) is 83.8 cm³/mol. The first kappa shape index (κ1) is 15.5. The van der Waals surface area contributed by atoms with Gasteiger partial charge in [0, 0.05) is 13.5 Å². The zero-order valence-electron chi connectivity index (χ0n) is 13.1. The van der Waals surface area contributed by atoms with E-state index in [0.29, 0.717) is 12.8 Å². The molecular weight excluding hydrogens is 300 g/mol. The van der Waals surface area contributed by atoms with Crippen molar-refractivity contribution in [3.63, 3.8) is 0 Å². The Morgan fingerprint density at radius 3 is 2.73 bits per heavy atom. The Labute approximate surface area is 134 Å². The summed E-state index contributed by atoms with van der Waals surface area (Å²) in [4.78, 5) is 31.6. The van der Waals surface area contributed by atoms with Gasteiger partial charge in [-0.05, 0) is 39.0 Å². The maximum absolute atomic E-state index is 12.6. The third kappa shape index (κ3) is 2.53. The fraction of sp³-hybridized carbons (Fsp3) is 0.688. The smallest absolute Gasteiger partial charge is 0.310 e. The van der Waals surface area contributed by atoms with Crippen LogP contribution in [0, 0.1) is 12.3 Å². The van der Waals surface area contributed by atoms with Gasteiger partial charge >= 0.3 is 5.97 Å². The molecule has 0 radical (unpaired) electrons. The molecule has 1 amide bonds. The lowest BCUT2D eigenvalue weighted by Crippen LogP contribution is -2.44. The Kier molecular flexibility index (Phi) is 3.97. The lowest BCUT2D eigenvalue weighted by atomic mass is 9.66. The minimum atomic E-state index is -0.821. The van der Waals surface area contributed by atoms with Crippen molar-refractivity contribution in [1.82, 2.24) is 9.88 Å². The highest BCUT2D eigenvalue weighted by Gasteiger charge is 2.47. The van der Waals surface area contributed by atoms with Crippen LogP contribution in [-0.4, -0.2) is 33.9 Å². The van der Waals surface area contributed by atoms with E-state index < -0.39 is 11.4 Å². The minimum Gasteiger partial charge on any atom is -0.481 e. The van der Waals surface area contributed by atoms with Crippen molar-refractivity contribution in [2.24, 2.45) is 5.41 Å². The minimum absolute atomic E-state index is 0.0500. The first-order valence-corrected chi connectivity index (χ1v) is 8.70. The molecule has 2 aliphatic rings. The number of fused-ring (bicyclic) bond motifs is 1. The number of carboxylic acids is 1. The topological polar surface area (TPSA) is 70.5 Å². The first-order valence-electron chi connectivity index (χ1n) is 7.88. The number of carbonyl (C=O) groups excluding carboxylic acids is 1. The number of aliphatic carboxylic acids is 1. The zero-order chi connectivity index (χ0) is 15.9. The Morgan fingerprint density at radius 1 is 1.41 bits per heavy atom. The number of rotatable bonds is 4. The zero-order valence-corrected chi connectivity index (χ0v) is 13.9. The molecule has 0 saturated heterocycles. The molecule has 1 aromatic heterocycles. The van der Waals surface area contributed by atoms with Gasteiger partial charge in [0.2, 0.25) is 5.91 Å². The monoisotopic (exact) mass is 322 g/mol. The number of thiazole rings is 1. The normalized spacial score (nSPS) is 22.5. The summed E-state index contributed by atoms with van der Waals surface area (Å²) in [6.07, 6.45) is 5.24. The maximum atomic E-state index is 12.6. The molecule has 1 fully saturated rings. The molecule has 1 aromatic rings. The average Bonchev–Trinajstić information content (AvgIpc) is 2.81. The number of carboxylic acid groups (broad SMARTS) is 1. The van der Waals surface area contributed by atoms with Crippen molar-refractivity contribution in [3.8, 4) is 0 Å². The van der Waals surface area contributed by atoms with E-state index in [4.69, 9.17) is 0 Å². The fourth-order valence-electron chi connectivity index (χ4n) is 3.55. The highest BCUT2D eigenvalue weighted by atomic mass is 32.1. The molecule has 0 spiro atoms. The van der Waals surface area contributed by atoms with Crippen molar-refractivity contribution in [1.29, 1.82) is 0 Å². The summed E-state index contributed by atoms with van der Waals surface area (Å²) in [6.45, 7) is 2.00. The molecule has 1 N–H and O–H groups in total. The van der Waals surface area contributed by atoms with Gasteiger partial charge in [0.1, 0.15) is 0 Å². The Morgan fingerprint density at radius 2 is 2.14 bits per heavy atom. The van der Waals surface area contributed by atoms with Crippen molar-refractivity contribution in [2.45, 2.75) is 57.9 Å². The molecule has 1 unspecified atom stereocenters. The van der Waals surface area contributed by atoms with Gasteiger partial charge in [-0.1, -0.05) is 6.42 Å². The predicted octanol–water partition coefficient (Wildman–Crippen LogP) is 2.93. The summed E-state index contributed by atoms with van der Waals surface area (Å²) >= 11 is 1.67. The quantitative estimate of drug-likeness (QED) is 0.925. The van der Waals surface area contributed by atoms with E-state index in [-0.39, 0.29) is 18.4 Å². The van der Waals surface area contributed by atoms with Gasteiger partial charge in [0.05, 0.1) is 27.0 Å². The number of aryl methyl sites for hydroxylation is 2. The average molecular weight is 322 g/mol. The molecule has 1 atom stereocenters. The van der Waals surface area contributed by atoms with Crippen LogP contribution in [-0.2, 0) is 16.0 Å². The second kappa shape index (κ2) is 5.65. The Hall–Kier alpha value is -1.43. The van der Waals surface area contributed by atoms with Crippen LogP contribution in [0.25, 0.3) is 0 Å². The van der Waals surface area contributed by atoms with Crippen LogP contribution in [0.1, 0.15) is 60.1 Å². The van der Waals surface area contributed by atoms with Crippen LogP contribution >= 0.6 is 11.3 Å².